The Labute approximate surface area is 136 Å². The van der Waals surface area contributed by atoms with Gasteiger partial charge in [0.15, 0.2) is 0 Å². The molecule has 1 aromatic carbocycles. The molecule has 0 saturated carbocycles. The predicted molar refractivity (Wildman–Crippen MR) is 91.4 cm³/mol. The van der Waals surface area contributed by atoms with Crippen LogP contribution in [0.1, 0.15) is 27.1 Å². The van der Waals surface area contributed by atoms with E-state index in [0.29, 0.717) is 0 Å². The van der Waals surface area contributed by atoms with Crippen molar-refractivity contribution >= 4 is 65.8 Å². The van der Waals surface area contributed by atoms with Crippen molar-refractivity contribution in [3.8, 4) is 0 Å². The molecule has 1 atom stereocenters. The van der Waals surface area contributed by atoms with E-state index in [-0.39, 0.29) is 4.83 Å². The summed E-state index contributed by atoms with van der Waals surface area (Å²) in [5, 5.41) is 2.22. The highest BCUT2D eigenvalue weighted by Gasteiger charge is 2.15. The fourth-order valence-corrected chi connectivity index (χ4v) is 4.50. The first kappa shape index (κ1) is 14.0. The molecule has 0 nitrogen and oxygen atoms in total. The quantitative estimate of drug-likeness (QED) is 0.350. The Bertz CT molecular complexity index is 548. The first-order chi connectivity index (χ1) is 7.99. The number of aryl methyl sites for hydroxylation is 2. The smallest absolute Gasteiger partial charge is 0.0656 e. The number of hydrogen-bond acceptors (Lipinski definition) is 1. The summed E-state index contributed by atoms with van der Waals surface area (Å²) in [5.41, 5.74) is 5.27. The molecule has 0 N–H and O–H groups in total. The van der Waals surface area contributed by atoms with E-state index in [4.69, 9.17) is 0 Å². The SMILES string of the molecule is Cc1cc(C(Br)c2csc(I)c2)c(C)cc1Br. The van der Waals surface area contributed by atoms with Gasteiger partial charge in [-0.1, -0.05) is 37.9 Å². The van der Waals surface area contributed by atoms with Gasteiger partial charge in [0.2, 0.25) is 0 Å². The Hall–Kier alpha value is 0.610. The van der Waals surface area contributed by atoms with Crippen molar-refractivity contribution in [2.75, 3.05) is 0 Å². The molecule has 90 valence electrons. The minimum absolute atomic E-state index is 0.286. The van der Waals surface area contributed by atoms with Crippen molar-refractivity contribution in [1.82, 2.24) is 0 Å². The van der Waals surface area contributed by atoms with E-state index < -0.39 is 0 Å². The zero-order chi connectivity index (χ0) is 12.6. The fourth-order valence-electron chi connectivity index (χ4n) is 1.71. The summed E-state index contributed by atoms with van der Waals surface area (Å²) in [6.45, 7) is 4.29. The van der Waals surface area contributed by atoms with E-state index in [9.17, 15) is 0 Å². The van der Waals surface area contributed by atoms with Crippen molar-refractivity contribution in [3.63, 3.8) is 0 Å². The second kappa shape index (κ2) is 5.72. The van der Waals surface area contributed by atoms with Crippen LogP contribution in [0.2, 0.25) is 0 Å². The average Bonchev–Trinajstić information content (AvgIpc) is 2.69. The number of hydrogen-bond donors (Lipinski definition) is 0. The van der Waals surface area contributed by atoms with Gasteiger partial charge in [-0.2, -0.15) is 0 Å². The Kier molecular flexibility index (Phi) is 4.72. The van der Waals surface area contributed by atoms with E-state index >= 15 is 0 Å². The van der Waals surface area contributed by atoms with Gasteiger partial charge in [0.25, 0.3) is 0 Å². The lowest BCUT2D eigenvalue weighted by Crippen LogP contribution is -1.96. The largest absolute Gasteiger partial charge is 0.137 e. The summed E-state index contributed by atoms with van der Waals surface area (Å²) in [6, 6.07) is 6.68. The topological polar surface area (TPSA) is 0 Å². The summed E-state index contributed by atoms with van der Waals surface area (Å²) >= 11 is 11.5. The number of benzene rings is 1. The van der Waals surface area contributed by atoms with Gasteiger partial charge >= 0.3 is 0 Å². The molecular weight excluding hydrogens is 475 g/mol. The molecule has 17 heavy (non-hydrogen) atoms. The van der Waals surface area contributed by atoms with Crippen LogP contribution >= 0.6 is 65.8 Å². The Morgan fingerprint density at radius 2 is 1.88 bits per heavy atom. The van der Waals surface area contributed by atoms with Crippen molar-refractivity contribution in [3.05, 3.63) is 53.2 Å². The van der Waals surface area contributed by atoms with Gasteiger partial charge in [-0.3, -0.25) is 0 Å². The second-order valence-electron chi connectivity index (χ2n) is 4.00. The van der Waals surface area contributed by atoms with Crippen molar-refractivity contribution < 1.29 is 0 Å². The van der Waals surface area contributed by atoms with Crippen LogP contribution in [0.25, 0.3) is 0 Å². The first-order valence-corrected chi connectivity index (χ1v) is 8.80. The minimum atomic E-state index is 0.286. The molecule has 0 aliphatic rings. The summed E-state index contributed by atoms with van der Waals surface area (Å²) < 4.78 is 2.51. The molecule has 0 radical (unpaired) electrons. The molecule has 0 aliphatic carbocycles. The molecule has 0 saturated heterocycles. The number of halogens is 3. The monoisotopic (exact) mass is 484 g/mol. The van der Waals surface area contributed by atoms with Gasteiger partial charge in [-0.25, -0.2) is 0 Å². The lowest BCUT2D eigenvalue weighted by Gasteiger charge is -2.14. The number of thiophene rings is 1. The zero-order valence-electron chi connectivity index (χ0n) is 9.43. The van der Waals surface area contributed by atoms with E-state index in [1.54, 1.807) is 11.3 Å². The van der Waals surface area contributed by atoms with Crippen LogP contribution < -0.4 is 0 Å². The minimum Gasteiger partial charge on any atom is -0.137 e. The van der Waals surface area contributed by atoms with Crippen LogP contribution in [0.3, 0.4) is 0 Å². The van der Waals surface area contributed by atoms with Crippen LogP contribution in [-0.2, 0) is 0 Å². The average molecular weight is 486 g/mol. The molecule has 1 heterocycles. The molecule has 4 heteroatoms. The third-order valence-electron chi connectivity index (χ3n) is 2.70. The summed E-state index contributed by atoms with van der Waals surface area (Å²) in [4.78, 5) is 0.286. The molecule has 0 spiro atoms. The van der Waals surface area contributed by atoms with Gasteiger partial charge in [0, 0.05) is 4.47 Å². The highest BCUT2D eigenvalue weighted by molar-refractivity contribution is 14.1. The lowest BCUT2D eigenvalue weighted by atomic mass is 10.00. The summed E-state index contributed by atoms with van der Waals surface area (Å²) in [7, 11) is 0. The molecule has 0 bridgehead atoms. The summed E-state index contributed by atoms with van der Waals surface area (Å²) in [5.74, 6) is 0. The Balaban J connectivity index is 2.43. The van der Waals surface area contributed by atoms with Gasteiger partial charge in [-0.05, 0) is 76.2 Å². The van der Waals surface area contributed by atoms with Crippen LogP contribution in [0, 0.1) is 16.7 Å². The van der Waals surface area contributed by atoms with Crippen LogP contribution in [0.15, 0.2) is 28.1 Å². The molecule has 0 fully saturated rings. The Morgan fingerprint density at radius 3 is 2.47 bits per heavy atom. The molecule has 1 aromatic heterocycles. The van der Waals surface area contributed by atoms with E-state index in [1.807, 2.05) is 0 Å². The van der Waals surface area contributed by atoms with Crippen molar-refractivity contribution in [2.24, 2.45) is 0 Å². The molecule has 0 amide bonds. The maximum Gasteiger partial charge on any atom is 0.0656 e. The lowest BCUT2D eigenvalue weighted by molar-refractivity contribution is 1.14. The van der Waals surface area contributed by atoms with Crippen molar-refractivity contribution in [1.29, 1.82) is 0 Å². The highest BCUT2D eigenvalue weighted by atomic mass is 127. The van der Waals surface area contributed by atoms with Gasteiger partial charge < -0.3 is 0 Å². The normalized spacial score (nSPS) is 12.8. The fraction of sp³-hybridized carbons (Fsp3) is 0.231. The van der Waals surface area contributed by atoms with Gasteiger partial charge in [0.05, 0.1) is 7.71 Å². The molecule has 2 aromatic rings. The number of alkyl halides is 1. The van der Waals surface area contributed by atoms with Gasteiger partial charge in [-0.15, -0.1) is 11.3 Å². The third-order valence-corrected chi connectivity index (χ3v) is 6.38. The molecule has 0 aliphatic heterocycles. The molecule has 2 rings (SSSR count). The standard InChI is InChI=1S/C13H11Br2IS/c1-7-4-11(14)8(2)3-10(7)13(15)9-5-12(16)17-6-9/h3-6,13H,1-2H3. The molecule has 1 unspecified atom stereocenters. The van der Waals surface area contributed by atoms with E-state index in [1.165, 1.54) is 29.6 Å². The van der Waals surface area contributed by atoms with E-state index in [0.717, 1.165) is 0 Å². The van der Waals surface area contributed by atoms with Crippen molar-refractivity contribution in [2.45, 2.75) is 18.7 Å². The molecular formula is C13H11Br2IS. The van der Waals surface area contributed by atoms with Crippen LogP contribution in [-0.4, -0.2) is 0 Å². The maximum atomic E-state index is 3.80. The van der Waals surface area contributed by atoms with Crippen LogP contribution in [0.5, 0.6) is 0 Å². The third kappa shape index (κ3) is 3.14. The second-order valence-corrected chi connectivity index (χ2v) is 8.58. The zero-order valence-corrected chi connectivity index (χ0v) is 15.6. The highest BCUT2D eigenvalue weighted by Crippen LogP contribution is 2.37. The first-order valence-electron chi connectivity index (χ1n) is 5.13. The Morgan fingerprint density at radius 1 is 1.18 bits per heavy atom. The summed E-state index contributed by atoms with van der Waals surface area (Å²) in [6.07, 6.45) is 0. The maximum absolute atomic E-state index is 3.80. The van der Waals surface area contributed by atoms with E-state index in [2.05, 4.69) is 91.9 Å². The number of rotatable bonds is 2. The van der Waals surface area contributed by atoms with Crippen LogP contribution in [0.4, 0.5) is 0 Å². The predicted octanol–water partition coefficient (Wildman–Crippen LogP) is 6.22. The van der Waals surface area contributed by atoms with Gasteiger partial charge in [0.1, 0.15) is 0 Å².